The second kappa shape index (κ2) is 7.39. The molecule has 1 aromatic carbocycles. The molecule has 0 aromatic heterocycles. The van der Waals surface area contributed by atoms with Crippen LogP contribution in [0.15, 0.2) is 18.2 Å². The largest absolute Gasteiger partial charge is 0.490 e. The Hall–Kier alpha value is -1.22. The van der Waals surface area contributed by atoms with Gasteiger partial charge in [-0.3, -0.25) is 0 Å². The van der Waals surface area contributed by atoms with Gasteiger partial charge in [0.25, 0.3) is 0 Å². The van der Waals surface area contributed by atoms with Gasteiger partial charge in [0.2, 0.25) is 0 Å². The molecule has 1 aromatic rings. The minimum Gasteiger partial charge on any atom is -0.490 e. The summed E-state index contributed by atoms with van der Waals surface area (Å²) < 4.78 is 11.6. The summed E-state index contributed by atoms with van der Waals surface area (Å²) in [5.41, 5.74) is 1.22. The molecule has 1 aliphatic rings. The van der Waals surface area contributed by atoms with Gasteiger partial charge in [0.15, 0.2) is 11.5 Å². The van der Waals surface area contributed by atoms with Gasteiger partial charge in [0.05, 0.1) is 13.2 Å². The number of hydrogen-bond acceptors (Lipinski definition) is 3. The van der Waals surface area contributed by atoms with Crippen LogP contribution >= 0.6 is 0 Å². The summed E-state index contributed by atoms with van der Waals surface area (Å²) in [6.45, 7) is 4.35. The Morgan fingerprint density at radius 2 is 1.95 bits per heavy atom. The first-order valence-corrected chi connectivity index (χ1v) is 7.36. The molecule has 0 bridgehead atoms. The minimum atomic E-state index is 0.669. The van der Waals surface area contributed by atoms with Gasteiger partial charge < -0.3 is 14.8 Å². The van der Waals surface area contributed by atoms with E-state index < -0.39 is 0 Å². The molecule has 1 saturated carbocycles. The van der Waals surface area contributed by atoms with Crippen LogP contribution in [0, 0.1) is 5.92 Å². The van der Waals surface area contributed by atoms with Crippen molar-refractivity contribution in [1.82, 2.24) is 5.32 Å². The standard InChI is InChI=1S/C16H25NO2/c1-3-18-16-10-14(11-17-2)8-9-15(16)19-12-13-6-4-5-7-13/h8-10,13,17H,3-7,11-12H2,1-2H3. The number of rotatable bonds is 7. The zero-order valence-corrected chi connectivity index (χ0v) is 12.1. The topological polar surface area (TPSA) is 30.5 Å². The molecule has 2 rings (SSSR count). The van der Waals surface area contributed by atoms with Gasteiger partial charge in [-0.2, -0.15) is 0 Å². The fourth-order valence-corrected chi connectivity index (χ4v) is 2.64. The Kier molecular flexibility index (Phi) is 5.52. The molecule has 19 heavy (non-hydrogen) atoms. The average Bonchev–Trinajstić information content (AvgIpc) is 2.92. The molecule has 0 atom stereocenters. The van der Waals surface area contributed by atoms with E-state index in [9.17, 15) is 0 Å². The van der Waals surface area contributed by atoms with Crippen molar-refractivity contribution in [2.45, 2.75) is 39.2 Å². The number of hydrogen-bond donors (Lipinski definition) is 1. The summed E-state index contributed by atoms with van der Waals surface area (Å²) in [6, 6.07) is 6.21. The number of ether oxygens (including phenoxy) is 2. The third-order valence-electron chi connectivity index (χ3n) is 3.64. The third kappa shape index (κ3) is 4.13. The average molecular weight is 263 g/mol. The summed E-state index contributed by atoms with van der Waals surface area (Å²) >= 11 is 0. The number of benzene rings is 1. The van der Waals surface area contributed by atoms with Crippen LogP contribution in [0.4, 0.5) is 0 Å². The Balaban J connectivity index is 2.00. The van der Waals surface area contributed by atoms with Gasteiger partial charge in [0.1, 0.15) is 0 Å². The maximum Gasteiger partial charge on any atom is 0.161 e. The van der Waals surface area contributed by atoms with E-state index in [1.165, 1.54) is 31.2 Å². The van der Waals surface area contributed by atoms with E-state index in [2.05, 4.69) is 17.4 Å². The molecule has 1 fully saturated rings. The van der Waals surface area contributed by atoms with Crippen molar-refractivity contribution in [3.8, 4) is 11.5 Å². The van der Waals surface area contributed by atoms with Crippen LogP contribution < -0.4 is 14.8 Å². The molecule has 0 aliphatic heterocycles. The second-order valence-corrected chi connectivity index (χ2v) is 5.21. The highest BCUT2D eigenvalue weighted by atomic mass is 16.5. The Bertz CT molecular complexity index is 386. The first kappa shape index (κ1) is 14.2. The molecule has 1 aliphatic carbocycles. The van der Waals surface area contributed by atoms with E-state index in [0.29, 0.717) is 6.61 Å². The van der Waals surface area contributed by atoms with E-state index in [4.69, 9.17) is 9.47 Å². The maximum atomic E-state index is 5.96. The first-order valence-electron chi connectivity index (χ1n) is 7.36. The summed E-state index contributed by atoms with van der Waals surface area (Å²) in [6.07, 6.45) is 5.32. The predicted molar refractivity (Wildman–Crippen MR) is 77.8 cm³/mol. The monoisotopic (exact) mass is 263 g/mol. The Morgan fingerprint density at radius 1 is 1.16 bits per heavy atom. The molecule has 3 nitrogen and oxygen atoms in total. The van der Waals surface area contributed by atoms with Crippen LogP contribution in [-0.4, -0.2) is 20.3 Å². The summed E-state index contributed by atoms with van der Waals surface area (Å²) in [5.74, 6) is 2.48. The third-order valence-corrected chi connectivity index (χ3v) is 3.64. The van der Waals surface area contributed by atoms with Gasteiger partial charge in [-0.15, -0.1) is 0 Å². The SMILES string of the molecule is CCOc1cc(CNC)ccc1OCC1CCCC1. The highest BCUT2D eigenvalue weighted by Gasteiger charge is 2.16. The minimum absolute atomic E-state index is 0.669. The normalized spacial score (nSPS) is 15.7. The smallest absolute Gasteiger partial charge is 0.161 e. The Labute approximate surface area is 116 Å². The van der Waals surface area contributed by atoms with Crippen molar-refractivity contribution < 1.29 is 9.47 Å². The van der Waals surface area contributed by atoms with E-state index in [1.807, 2.05) is 20.0 Å². The van der Waals surface area contributed by atoms with E-state index in [0.717, 1.165) is 30.6 Å². The lowest BCUT2D eigenvalue weighted by atomic mass is 10.1. The Morgan fingerprint density at radius 3 is 2.63 bits per heavy atom. The van der Waals surface area contributed by atoms with Crippen molar-refractivity contribution >= 4 is 0 Å². The van der Waals surface area contributed by atoms with Gasteiger partial charge in [-0.25, -0.2) is 0 Å². The van der Waals surface area contributed by atoms with Crippen molar-refractivity contribution in [2.75, 3.05) is 20.3 Å². The van der Waals surface area contributed by atoms with Crippen LogP contribution in [0.2, 0.25) is 0 Å². The van der Waals surface area contributed by atoms with Gasteiger partial charge in [-0.1, -0.05) is 18.9 Å². The van der Waals surface area contributed by atoms with Gasteiger partial charge in [-0.05, 0) is 50.4 Å². The molecule has 0 saturated heterocycles. The van der Waals surface area contributed by atoms with Crippen molar-refractivity contribution in [3.05, 3.63) is 23.8 Å². The lowest BCUT2D eigenvalue weighted by Crippen LogP contribution is -2.10. The van der Waals surface area contributed by atoms with Crippen LogP contribution in [0.25, 0.3) is 0 Å². The van der Waals surface area contributed by atoms with Crippen LogP contribution in [-0.2, 0) is 6.54 Å². The van der Waals surface area contributed by atoms with E-state index in [-0.39, 0.29) is 0 Å². The fourth-order valence-electron chi connectivity index (χ4n) is 2.64. The molecule has 3 heteroatoms. The highest BCUT2D eigenvalue weighted by molar-refractivity contribution is 5.43. The van der Waals surface area contributed by atoms with Crippen molar-refractivity contribution in [3.63, 3.8) is 0 Å². The lowest BCUT2D eigenvalue weighted by molar-refractivity contribution is 0.234. The zero-order valence-electron chi connectivity index (χ0n) is 12.1. The van der Waals surface area contributed by atoms with Gasteiger partial charge in [0, 0.05) is 6.54 Å². The summed E-state index contributed by atoms with van der Waals surface area (Å²) in [4.78, 5) is 0. The van der Waals surface area contributed by atoms with Crippen LogP contribution in [0.3, 0.4) is 0 Å². The summed E-state index contributed by atoms with van der Waals surface area (Å²) in [7, 11) is 1.95. The fraction of sp³-hybridized carbons (Fsp3) is 0.625. The molecule has 106 valence electrons. The van der Waals surface area contributed by atoms with Crippen molar-refractivity contribution in [1.29, 1.82) is 0 Å². The quantitative estimate of drug-likeness (QED) is 0.818. The molecule has 0 amide bonds. The summed E-state index contributed by atoms with van der Waals surface area (Å²) in [5, 5.41) is 3.15. The van der Waals surface area contributed by atoms with Crippen molar-refractivity contribution in [2.24, 2.45) is 5.92 Å². The highest BCUT2D eigenvalue weighted by Crippen LogP contribution is 2.31. The second-order valence-electron chi connectivity index (χ2n) is 5.21. The predicted octanol–water partition coefficient (Wildman–Crippen LogP) is 3.37. The molecule has 1 N–H and O–H groups in total. The molecular formula is C16H25NO2. The number of nitrogens with one attached hydrogen (secondary N) is 1. The molecule has 0 spiro atoms. The molecular weight excluding hydrogens is 238 g/mol. The lowest BCUT2D eigenvalue weighted by Gasteiger charge is -2.15. The first-order chi connectivity index (χ1) is 9.33. The zero-order chi connectivity index (χ0) is 13.5. The van der Waals surface area contributed by atoms with Gasteiger partial charge >= 0.3 is 0 Å². The van der Waals surface area contributed by atoms with Crippen LogP contribution in [0.1, 0.15) is 38.2 Å². The van der Waals surface area contributed by atoms with Crippen LogP contribution in [0.5, 0.6) is 11.5 Å². The molecule has 0 unspecified atom stereocenters. The maximum absolute atomic E-state index is 5.96. The van der Waals surface area contributed by atoms with E-state index >= 15 is 0 Å². The van der Waals surface area contributed by atoms with E-state index in [1.54, 1.807) is 0 Å². The molecule has 0 radical (unpaired) electrons. The molecule has 0 heterocycles.